The molecule has 0 radical (unpaired) electrons. The normalized spacial score (nSPS) is 21.5. The van der Waals surface area contributed by atoms with E-state index in [1.807, 2.05) is 0 Å². The van der Waals surface area contributed by atoms with E-state index in [0.29, 0.717) is 19.8 Å². The zero-order chi connectivity index (χ0) is 16.6. The lowest BCUT2D eigenvalue weighted by molar-refractivity contribution is -0.122. The number of fused-ring (bicyclic) bond motifs is 1. The van der Waals surface area contributed by atoms with Crippen LogP contribution < -0.4 is 4.90 Å². The predicted molar refractivity (Wildman–Crippen MR) is 86.9 cm³/mol. The summed E-state index contributed by atoms with van der Waals surface area (Å²) in [4.78, 5) is 14.7. The molecule has 3 rings (SSSR count). The molecule has 1 fully saturated rings. The van der Waals surface area contributed by atoms with Crippen LogP contribution in [0.5, 0.6) is 0 Å². The highest BCUT2D eigenvalue weighted by Crippen LogP contribution is 2.32. The maximum atomic E-state index is 12.7. The SMILES string of the molecule is CN(C)S(=O)(=O)c1ccc2c(c1)CCCN2C(=O)[C@H]1CCOC1. The van der Waals surface area contributed by atoms with Gasteiger partial charge in [-0.05, 0) is 43.0 Å². The van der Waals surface area contributed by atoms with Crippen molar-refractivity contribution in [3.8, 4) is 0 Å². The molecule has 1 saturated heterocycles. The van der Waals surface area contributed by atoms with E-state index in [-0.39, 0.29) is 16.7 Å². The van der Waals surface area contributed by atoms with Crippen LogP contribution in [0.15, 0.2) is 23.1 Å². The van der Waals surface area contributed by atoms with Gasteiger partial charge in [0.15, 0.2) is 0 Å². The van der Waals surface area contributed by atoms with E-state index >= 15 is 0 Å². The minimum absolute atomic E-state index is 0.0777. The van der Waals surface area contributed by atoms with Crippen molar-refractivity contribution in [2.75, 3.05) is 38.8 Å². The van der Waals surface area contributed by atoms with Crippen molar-refractivity contribution in [2.24, 2.45) is 5.92 Å². The van der Waals surface area contributed by atoms with Crippen LogP contribution in [0.4, 0.5) is 5.69 Å². The molecule has 6 nitrogen and oxygen atoms in total. The molecule has 126 valence electrons. The molecular formula is C16H22N2O4S. The summed E-state index contributed by atoms with van der Waals surface area (Å²) in [5.74, 6) is 0.0119. The van der Waals surface area contributed by atoms with E-state index < -0.39 is 10.0 Å². The molecule has 2 aliphatic rings. The number of ether oxygens (including phenoxy) is 1. The number of sulfonamides is 1. The highest BCUT2D eigenvalue weighted by Gasteiger charge is 2.31. The number of carbonyl (C=O) groups is 1. The molecule has 2 aliphatic heterocycles. The maximum Gasteiger partial charge on any atom is 0.242 e. The number of carbonyl (C=O) groups excluding carboxylic acids is 1. The van der Waals surface area contributed by atoms with Gasteiger partial charge in [-0.25, -0.2) is 12.7 Å². The quantitative estimate of drug-likeness (QED) is 0.832. The summed E-state index contributed by atoms with van der Waals surface area (Å²) in [5, 5.41) is 0. The Bertz CT molecular complexity index is 709. The fourth-order valence-corrected chi connectivity index (χ4v) is 4.08. The standard InChI is InChI=1S/C16H22N2O4S/c1-17(2)23(20,21)14-5-6-15-12(10-14)4-3-8-18(15)16(19)13-7-9-22-11-13/h5-6,10,13H,3-4,7-9,11H2,1-2H3/t13-/m0/s1. The van der Waals surface area contributed by atoms with Crippen molar-refractivity contribution in [2.45, 2.75) is 24.2 Å². The van der Waals surface area contributed by atoms with Gasteiger partial charge in [-0.3, -0.25) is 4.79 Å². The van der Waals surface area contributed by atoms with Crippen molar-refractivity contribution in [1.29, 1.82) is 0 Å². The van der Waals surface area contributed by atoms with Gasteiger partial charge in [0.1, 0.15) is 0 Å². The Morgan fingerprint density at radius 1 is 1.35 bits per heavy atom. The molecule has 0 bridgehead atoms. The van der Waals surface area contributed by atoms with Gasteiger partial charge in [0.25, 0.3) is 0 Å². The van der Waals surface area contributed by atoms with Crippen LogP contribution in [0.25, 0.3) is 0 Å². The van der Waals surface area contributed by atoms with Crippen LogP contribution in [0, 0.1) is 5.92 Å². The first-order chi connectivity index (χ1) is 10.9. The number of hydrogen-bond donors (Lipinski definition) is 0. The number of aryl methyl sites for hydroxylation is 1. The van der Waals surface area contributed by atoms with Crippen molar-refractivity contribution < 1.29 is 17.9 Å². The van der Waals surface area contributed by atoms with Crippen molar-refractivity contribution >= 4 is 21.6 Å². The number of nitrogens with zero attached hydrogens (tertiary/aromatic N) is 2. The minimum Gasteiger partial charge on any atom is -0.381 e. The molecule has 0 N–H and O–H groups in total. The molecule has 1 aromatic carbocycles. The predicted octanol–water partition coefficient (Wildman–Crippen LogP) is 1.25. The Morgan fingerprint density at radius 3 is 2.78 bits per heavy atom. The Labute approximate surface area is 137 Å². The summed E-state index contributed by atoms with van der Waals surface area (Å²) in [6.45, 7) is 1.80. The van der Waals surface area contributed by atoms with Crippen LogP contribution >= 0.6 is 0 Å². The van der Waals surface area contributed by atoms with Gasteiger partial charge < -0.3 is 9.64 Å². The summed E-state index contributed by atoms with van der Waals surface area (Å²) in [6.07, 6.45) is 2.40. The van der Waals surface area contributed by atoms with Gasteiger partial charge in [-0.2, -0.15) is 0 Å². The van der Waals surface area contributed by atoms with Gasteiger partial charge in [-0.1, -0.05) is 0 Å². The zero-order valence-corrected chi connectivity index (χ0v) is 14.3. The van der Waals surface area contributed by atoms with E-state index in [2.05, 4.69) is 0 Å². The van der Waals surface area contributed by atoms with Crippen LogP contribution in [-0.2, 0) is 26.0 Å². The van der Waals surface area contributed by atoms with Crippen molar-refractivity contribution in [3.05, 3.63) is 23.8 Å². The van der Waals surface area contributed by atoms with Crippen molar-refractivity contribution in [3.63, 3.8) is 0 Å². The molecular weight excluding hydrogens is 316 g/mol. The van der Waals surface area contributed by atoms with Crippen LogP contribution in [0.2, 0.25) is 0 Å². The number of anilines is 1. The van der Waals surface area contributed by atoms with Crippen LogP contribution in [0.1, 0.15) is 18.4 Å². The molecule has 1 aromatic rings. The molecule has 7 heteroatoms. The Kier molecular flexibility index (Phi) is 4.44. The summed E-state index contributed by atoms with van der Waals surface area (Å²) in [6, 6.07) is 5.05. The number of amides is 1. The number of benzene rings is 1. The Morgan fingerprint density at radius 2 is 2.13 bits per heavy atom. The third kappa shape index (κ3) is 3.00. The van der Waals surface area contributed by atoms with Crippen molar-refractivity contribution in [1.82, 2.24) is 4.31 Å². The second kappa shape index (κ2) is 6.22. The number of hydrogen-bond acceptors (Lipinski definition) is 4. The number of rotatable bonds is 3. The van der Waals surface area contributed by atoms with E-state index in [1.54, 1.807) is 23.1 Å². The fraction of sp³-hybridized carbons (Fsp3) is 0.562. The van der Waals surface area contributed by atoms with E-state index in [1.165, 1.54) is 18.4 Å². The zero-order valence-electron chi connectivity index (χ0n) is 13.5. The van der Waals surface area contributed by atoms with Gasteiger partial charge in [0, 0.05) is 32.9 Å². The lowest BCUT2D eigenvalue weighted by Crippen LogP contribution is -2.40. The van der Waals surface area contributed by atoms with Gasteiger partial charge in [0.05, 0.1) is 17.4 Å². The third-order valence-electron chi connectivity index (χ3n) is 4.49. The first-order valence-corrected chi connectivity index (χ1v) is 9.30. The summed E-state index contributed by atoms with van der Waals surface area (Å²) >= 11 is 0. The van der Waals surface area contributed by atoms with Gasteiger partial charge in [0.2, 0.25) is 15.9 Å². The summed E-state index contributed by atoms with van der Waals surface area (Å²) in [5.41, 5.74) is 1.76. The third-order valence-corrected chi connectivity index (χ3v) is 6.30. The first kappa shape index (κ1) is 16.4. The Balaban J connectivity index is 1.93. The monoisotopic (exact) mass is 338 g/mol. The highest BCUT2D eigenvalue weighted by molar-refractivity contribution is 7.89. The average Bonchev–Trinajstić information content (AvgIpc) is 3.07. The summed E-state index contributed by atoms with van der Waals surface area (Å²) < 4.78 is 31.1. The largest absolute Gasteiger partial charge is 0.381 e. The lowest BCUT2D eigenvalue weighted by Gasteiger charge is -2.31. The minimum atomic E-state index is -3.45. The van der Waals surface area contributed by atoms with Crippen LogP contribution in [0.3, 0.4) is 0 Å². The fourth-order valence-electron chi connectivity index (χ4n) is 3.12. The second-order valence-electron chi connectivity index (χ2n) is 6.23. The summed E-state index contributed by atoms with van der Waals surface area (Å²) in [7, 11) is -0.417. The molecule has 1 atom stereocenters. The van der Waals surface area contributed by atoms with Crippen LogP contribution in [-0.4, -0.2) is 52.5 Å². The smallest absolute Gasteiger partial charge is 0.242 e. The lowest BCUT2D eigenvalue weighted by atomic mass is 9.99. The van der Waals surface area contributed by atoms with Gasteiger partial charge >= 0.3 is 0 Å². The average molecular weight is 338 g/mol. The first-order valence-electron chi connectivity index (χ1n) is 7.86. The highest BCUT2D eigenvalue weighted by atomic mass is 32.2. The Hall–Kier alpha value is -1.44. The molecule has 0 spiro atoms. The van der Waals surface area contributed by atoms with Gasteiger partial charge in [-0.15, -0.1) is 0 Å². The van der Waals surface area contributed by atoms with E-state index in [4.69, 9.17) is 4.74 Å². The molecule has 23 heavy (non-hydrogen) atoms. The molecule has 0 aromatic heterocycles. The molecule has 0 saturated carbocycles. The van der Waals surface area contributed by atoms with E-state index in [0.717, 1.165) is 30.5 Å². The van der Waals surface area contributed by atoms with E-state index in [9.17, 15) is 13.2 Å². The second-order valence-corrected chi connectivity index (χ2v) is 8.38. The molecule has 1 amide bonds. The topological polar surface area (TPSA) is 66.9 Å². The molecule has 0 aliphatic carbocycles. The molecule has 0 unspecified atom stereocenters. The molecule has 2 heterocycles. The maximum absolute atomic E-state index is 12.7.